The molecule has 2 nitrogen and oxygen atoms in total. The zero-order valence-corrected chi connectivity index (χ0v) is 15.6. The van der Waals surface area contributed by atoms with Gasteiger partial charge in [0.2, 0.25) is 0 Å². The fourth-order valence-electron chi connectivity index (χ4n) is 3.12. The second-order valence-corrected chi connectivity index (χ2v) is 9.64. The molecule has 0 bridgehead atoms. The van der Waals surface area contributed by atoms with Crippen molar-refractivity contribution in [3.8, 4) is 0 Å². The molecule has 1 N–H and O–H groups in total. The van der Waals surface area contributed by atoms with E-state index in [4.69, 9.17) is 0 Å². The molecule has 0 aromatic heterocycles. The van der Waals surface area contributed by atoms with Gasteiger partial charge in [0.15, 0.2) is 0 Å². The maximum absolute atomic E-state index is 3.74. The fourth-order valence-corrected chi connectivity index (χ4v) is 4.51. The van der Waals surface area contributed by atoms with Crippen LogP contribution in [0.25, 0.3) is 0 Å². The molecule has 2 unspecified atom stereocenters. The summed E-state index contributed by atoms with van der Waals surface area (Å²) in [6.45, 7) is 21.2. The van der Waals surface area contributed by atoms with E-state index in [9.17, 15) is 0 Å². The summed E-state index contributed by atoms with van der Waals surface area (Å²) in [6, 6.07) is 0. The average molecular weight is 301 g/mol. The van der Waals surface area contributed by atoms with E-state index in [1.54, 1.807) is 0 Å². The Bertz CT molecular complexity index is 271. The minimum absolute atomic E-state index is 0.216. The second kappa shape index (κ2) is 7.51. The van der Waals surface area contributed by atoms with Gasteiger partial charge in [-0.15, -0.1) is 0 Å². The van der Waals surface area contributed by atoms with Crippen LogP contribution < -0.4 is 5.32 Å². The van der Waals surface area contributed by atoms with E-state index in [2.05, 4.69) is 70.4 Å². The van der Waals surface area contributed by atoms with Crippen molar-refractivity contribution in [3.05, 3.63) is 0 Å². The Morgan fingerprint density at radius 1 is 1.05 bits per heavy atom. The zero-order chi connectivity index (χ0) is 15.4. The number of nitrogens with one attached hydrogen (secondary N) is 1. The average Bonchev–Trinajstić information content (AvgIpc) is 2.32. The quantitative estimate of drug-likeness (QED) is 0.798. The van der Waals surface area contributed by atoms with E-state index < -0.39 is 0 Å². The molecule has 0 aromatic carbocycles. The van der Waals surface area contributed by atoms with Crippen LogP contribution in [-0.4, -0.2) is 47.1 Å². The van der Waals surface area contributed by atoms with Crippen LogP contribution in [0.5, 0.6) is 0 Å². The molecule has 0 aromatic rings. The summed E-state index contributed by atoms with van der Waals surface area (Å²) in [5.74, 6) is 0. The SMILES string of the molecule is CCC(CC)(CNC(C)(C)C)CN1CC(C)SC(C)C1. The van der Waals surface area contributed by atoms with Gasteiger partial charge in [-0.05, 0) is 39.0 Å². The van der Waals surface area contributed by atoms with Crippen LogP contribution in [0.4, 0.5) is 0 Å². The van der Waals surface area contributed by atoms with Gasteiger partial charge < -0.3 is 10.2 Å². The Labute approximate surface area is 131 Å². The molecule has 1 saturated heterocycles. The molecule has 0 amide bonds. The Kier molecular flexibility index (Phi) is 6.88. The largest absolute Gasteiger partial charge is 0.311 e. The molecule has 1 aliphatic heterocycles. The lowest BCUT2D eigenvalue weighted by Gasteiger charge is -2.43. The molecule has 1 heterocycles. The van der Waals surface area contributed by atoms with Crippen molar-refractivity contribution < 1.29 is 0 Å². The van der Waals surface area contributed by atoms with Gasteiger partial charge in [0, 0.05) is 42.2 Å². The highest BCUT2D eigenvalue weighted by Crippen LogP contribution is 2.31. The standard InChI is InChI=1S/C17H36N2S/c1-8-17(9-2,12-18-16(5,6)7)13-19-10-14(3)20-15(4)11-19/h14-15,18H,8-13H2,1-7H3. The van der Waals surface area contributed by atoms with Crippen LogP contribution in [0.15, 0.2) is 0 Å². The predicted octanol–water partition coefficient (Wildman–Crippen LogP) is 4.01. The second-order valence-electron chi connectivity index (χ2n) is 7.76. The summed E-state index contributed by atoms with van der Waals surface area (Å²) in [7, 11) is 0. The molecule has 3 heteroatoms. The third kappa shape index (κ3) is 5.95. The Morgan fingerprint density at radius 3 is 1.95 bits per heavy atom. The molecule has 1 rings (SSSR count). The van der Waals surface area contributed by atoms with Crippen molar-refractivity contribution in [2.24, 2.45) is 5.41 Å². The lowest BCUT2D eigenvalue weighted by molar-refractivity contribution is 0.124. The third-order valence-corrected chi connectivity index (χ3v) is 5.78. The lowest BCUT2D eigenvalue weighted by atomic mass is 9.80. The van der Waals surface area contributed by atoms with Crippen molar-refractivity contribution >= 4 is 11.8 Å². The van der Waals surface area contributed by atoms with E-state index in [1.807, 2.05) is 0 Å². The van der Waals surface area contributed by atoms with Crippen molar-refractivity contribution in [2.75, 3.05) is 26.2 Å². The van der Waals surface area contributed by atoms with Crippen molar-refractivity contribution in [1.82, 2.24) is 10.2 Å². The first-order chi connectivity index (χ1) is 9.19. The molecule has 2 atom stereocenters. The molecule has 120 valence electrons. The minimum Gasteiger partial charge on any atom is -0.311 e. The fraction of sp³-hybridized carbons (Fsp3) is 1.00. The van der Waals surface area contributed by atoms with Gasteiger partial charge in [0.1, 0.15) is 0 Å². The van der Waals surface area contributed by atoms with Crippen molar-refractivity contribution in [1.29, 1.82) is 0 Å². The van der Waals surface area contributed by atoms with Gasteiger partial charge in [-0.2, -0.15) is 11.8 Å². The van der Waals surface area contributed by atoms with Gasteiger partial charge in [-0.3, -0.25) is 0 Å². The molecule has 1 fully saturated rings. The third-order valence-electron chi connectivity index (χ3n) is 4.55. The normalized spacial score (nSPS) is 25.9. The van der Waals surface area contributed by atoms with Crippen LogP contribution in [0.3, 0.4) is 0 Å². The molecule has 0 aliphatic carbocycles. The molecular formula is C17H36N2S. The molecule has 20 heavy (non-hydrogen) atoms. The maximum Gasteiger partial charge on any atom is 0.0149 e. The van der Waals surface area contributed by atoms with Gasteiger partial charge in [-0.1, -0.05) is 27.7 Å². The van der Waals surface area contributed by atoms with Crippen molar-refractivity contribution in [3.63, 3.8) is 0 Å². The van der Waals surface area contributed by atoms with Crippen LogP contribution >= 0.6 is 11.8 Å². The maximum atomic E-state index is 3.74. The molecule has 0 spiro atoms. The number of rotatable bonds is 6. The summed E-state index contributed by atoms with van der Waals surface area (Å²) in [4.78, 5) is 2.71. The molecule has 1 aliphatic rings. The van der Waals surface area contributed by atoms with E-state index >= 15 is 0 Å². The smallest absolute Gasteiger partial charge is 0.0149 e. The summed E-state index contributed by atoms with van der Waals surface area (Å²) in [5.41, 5.74) is 0.642. The van der Waals surface area contributed by atoms with Crippen LogP contribution in [0, 0.1) is 5.41 Å². The first kappa shape index (κ1) is 18.3. The molecule has 0 saturated carbocycles. The number of thioether (sulfide) groups is 1. The van der Waals surface area contributed by atoms with E-state index in [1.165, 1.54) is 32.5 Å². The molecule has 0 radical (unpaired) electrons. The Balaban J connectivity index is 2.65. The van der Waals surface area contributed by atoms with Gasteiger partial charge in [-0.25, -0.2) is 0 Å². The number of hydrogen-bond acceptors (Lipinski definition) is 3. The van der Waals surface area contributed by atoms with Gasteiger partial charge in [0.25, 0.3) is 0 Å². The minimum atomic E-state index is 0.216. The number of nitrogens with zero attached hydrogens (tertiary/aromatic N) is 1. The van der Waals surface area contributed by atoms with Gasteiger partial charge in [0.05, 0.1) is 0 Å². The van der Waals surface area contributed by atoms with Crippen LogP contribution in [0.1, 0.15) is 61.3 Å². The summed E-state index contributed by atoms with van der Waals surface area (Å²) in [5, 5.41) is 5.30. The Morgan fingerprint density at radius 2 is 1.55 bits per heavy atom. The lowest BCUT2D eigenvalue weighted by Crippen LogP contribution is -2.51. The summed E-state index contributed by atoms with van der Waals surface area (Å²) >= 11 is 2.15. The highest BCUT2D eigenvalue weighted by atomic mass is 32.2. The van der Waals surface area contributed by atoms with Crippen LogP contribution in [0.2, 0.25) is 0 Å². The number of hydrogen-bond donors (Lipinski definition) is 1. The predicted molar refractivity (Wildman–Crippen MR) is 93.7 cm³/mol. The summed E-state index contributed by atoms with van der Waals surface area (Å²) in [6.07, 6.45) is 2.53. The van der Waals surface area contributed by atoms with Gasteiger partial charge >= 0.3 is 0 Å². The van der Waals surface area contributed by atoms with E-state index in [0.717, 1.165) is 17.0 Å². The van der Waals surface area contributed by atoms with Crippen molar-refractivity contribution in [2.45, 2.75) is 77.3 Å². The highest BCUT2D eigenvalue weighted by molar-refractivity contribution is 8.00. The van der Waals surface area contributed by atoms with Crippen LogP contribution in [-0.2, 0) is 0 Å². The highest BCUT2D eigenvalue weighted by Gasteiger charge is 2.32. The zero-order valence-electron chi connectivity index (χ0n) is 14.8. The monoisotopic (exact) mass is 300 g/mol. The topological polar surface area (TPSA) is 15.3 Å². The van der Waals surface area contributed by atoms with E-state index in [-0.39, 0.29) is 5.54 Å². The Hall–Kier alpha value is 0.270. The first-order valence-electron chi connectivity index (χ1n) is 8.32. The van der Waals surface area contributed by atoms with E-state index in [0.29, 0.717) is 5.41 Å². The first-order valence-corrected chi connectivity index (χ1v) is 9.27. The summed E-state index contributed by atoms with van der Waals surface area (Å²) < 4.78 is 0. The molecular weight excluding hydrogens is 264 g/mol.